The van der Waals surface area contributed by atoms with Gasteiger partial charge in [0.05, 0.1) is 11.9 Å². The molecule has 1 aliphatic heterocycles. The van der Waals surface area contributed by atoms with Gasteiger partial charge in [0.2, 0.25) is 0 Å². The summed E-state index contributed by atoms with van der Waals surface area (Å²) in [5.41, 5.74) is 5.19. The molecule has 0 aromatic carbocycles. The number of aliphatic hydroxyl groups excluding tert-OH is 3. The van der Waals surface area contributed by atoms with E-state index in [0.717, 1.165) is 0 Å². The monoisotopic (exact) mass is 234 g/mol. The second-order valence-electron chi connectivity index (χ2n) is 3.81. The number of hydrogen-bond donors (Lipinski definition) is 5. The van der Waals surface area contributed by atoms with Crippen molar-refractivity contribution in [1.82, 2.24) is 0 Å². The summed E-state index contributed by atoms with van der Waals surface area (Å²) in [7, 11) is 1.33. The van der Waals surface area contributed by atoms with Crippen LogP contribution >= 0.6 is 0 Å². The van der Waals surface area contributed by atoms with Gasteiger partial charge in [0.25, 0.3) is 0 Å². The Hall–Kier alpha value is -0.730. The number of rotatable bonds is 4. The van der Waals surface area contributed by atoms with Gasteiger partial charge < -0.3 is 30.5 Å². The minimum Gasteiger partial charge on any atom is -0.388 e. The van der Waals surface area contributed by atoms with Crippen molar-refractivity contribution in [1.29, 1.82) is 5.41 Å². The van der Waals surface area contributed by atoms with Crippen LogP contribution in [-0.2, 0) is 9.47 Å². The molecule has 1 saturated heterocycles. The van der Waals surface area contributed by atoms with Gasteiger partial charge >= 0.3 is 0 Å². The second-order valence-corrected chi connectivity index (χ2v) is 3.81. The molecule has 7 nitrogen and oxygen atoms in total. The molecule has 0 aromatic heterocycles. The van der Waals surface area contributed by atoms with E-state index in [1.807, 2.05) is 0 Å². The van der Waals surface area contributed by atoms with E-state index in [4.69, 9.17) is 20.6 Å². The predicted molar refractivity (Wildman–Crippen MR) is 54.8 cm³/mol. The summed E-state index contributed by atoms with van der Waals surface area (Å²) in [6.07, 6.45) is -4.95. The van der Waals surface area contributed by atoms with Crippen molar-refractivity contribution < 1.29 is 24.8 Å². The zero-order chi connectivity index (χ0) is 12.3. The van der Waals surface area contributed by atoms with E-state index in [-0.39, 0.29) is 12.3 Å². The van der Waals surface area contributed by atoms with Crippen molar-refractivity contribution in [3.63, 3.8) is 0 Å². The number of ether oxygens (including phenoxy) is 2. The fourth-order valence-electron chi connectivity index (χ4n) is 1.65. The van der Waals surface area contributed by atoms with E-state index in [0.29, 0.717) is 6.42 Å². The highest BCUT2D eigenvalue weighted by Gasteiger charge is 2.43. The number of hydrogen-bond acceptors (Lipinski definition) is 6. The van der Waals surface area contributed by atoms with Crippen LogP contribution in [0, 0.1) is 5.41 Å². The van der Waals surface area contributed by atoms with Gasteiger partial charge in [0, 0.05) is 13.5 Å². The van der Waals surface area contributed by atoms with E-state index in [1.54, 1.807) is 0 Å². The lowest BCUT2D eigenvalue weighted by molar-refractivity contribution is -0.290. The standard InChI is InChI=1S/C9H18N2O5/c1-15-9-8(14)7(13)6(12)4(16-9)2-3-5(10)11/h4,6-9,12-14H,2-3H2,1H3,(H3,10,11)/t4-,6-,7+,8+,9+/m1/s1. The Morgan fingerprint density at radius 3 is 2.44 bits per heavy atom. The lowest BCUT2D eigenvalue weighted by atomic mass is 9.96. The van der Waals surface area contributed by atoms with Crippen LogP contribution in [0.2, 0.25) is 0 Å². The molecule has 1 heterocycles. The third-order valence-electron chi connectivity index (χ3n) is 2.60. The van der Waals surface area contributed by atoms with Crippen LogP contribution in [0.3, 0.4) is 0 Å². The molecule has 0 unspecified atom stereocenters. The largest absolute Gasteiger partial charge is 0.388 e. The molecule has 0 saturated carbocycles. The fourth-order valence-corrected chi connectivity index (χ4v) is 1.65. The lowest BCUT2D eigenvalue weighted by Gasteiger charge is -2.39. The van der Waals surface area contributed by atoms with E-state index >= 15 is 0 Å². The molecule has 94 valence electrons. The van der Waals surface area contributed by atoms with Crippen molar-refractivity contribution >= 4 is 5.84 Å². The maximum atomic E-state index is 9.63. The summed E-state index contributed by atoms with van der Waals surface area (Å²) >= 11 is 0. The Bertz CT molecular complexity index is 248. The third kappa shape index (κ3) is 2.89. The Kier molecular flexibility index (Phi) is 4.63. The second kappa shape index (κ2) is 5.55. The molecule has 16 heavy (non-hydrogen) atoms. The maximum Gasteiger partial charge on any atom is 0.186 e. The topological polar surface area (TPSA) is 129 Å². The molecular formula is C9H18N2O5. The smallest absolute Gasteiger partial charge is 0.186 e. The first-order valence-electron chi connectivity index (χ1n) is 5.02. The van der Waals surface area contributed by atoms with Gasteiger partial charge in [-0.2, -0.15) is 0 Å². The minimum absolute atomic E-state index is 0.0228. The van der Waals surface area contributed by atoms with Crippen LogP contribution in [0.25, 0.3) is 0 Å². The van der Waals surface area contributed by atoms with E-state index in [2.05, 4.69) is 0 Å². The third-order valence-corrected chi connectivity index (χ3v) is 2.60. The van der Waals surface area contributed by atoms with Gasteiger partial charge in [-0.15, -0.1) is 0 Å². The average Bonchev–Trinajstić information content (AvgIpc) is 2.25. The Labute approximate surface area is 93.3 Å². The summed E-state index contributed by atoms with van der Waals surface area (Å²) in [4.78, 5) is 0. The quantitative estimate of drug-likeness (QED) is 0.287. The molecule has 0 spiro atoms. The van der Waals surface area contributed by atoms with Crippen LogP contribution in [0.1, 0.15) is 12.8 Å². The van der Waals surface area contributed by atoms with Crippen LogP contribution in [0.4, 0.5) is 0 Å². The summed E-state index contributed by atoms with van der Waals surface area (Å²) in [6.45, 7) is 0. The SMILES string of the molecule is CO[C@H]1O[C@H](CCC(=N)N)[C@@H](O)[C@H](O)[C@@H]1O. The highest BCUT2D eigenvalue weighted by molar-refractivity contribution is 5.76. The van der Waals surface area contributed by atoms with Crippen molar-refractivity contribution in [3.05, 3.63) is 0 Å². The average molecular weight is 234 g/mol. The normalized spacial score (nSPS) is 39.6. The highest BCUT2D eigenvalue weighted by Crippen LogP contribution is 2.24. The number of nitrogens with one attached hydrogen (secondary N) is 1. The molecule has 5 atom stereocenters. The fraction of sp³-hybridized carbons (Fsp3) is 0.889. The van der Waals surface area contributed by atoms with Gasteiger partial charge in [0.1, 0.15) is 18.3 Å². The number of methoxy groups -OCH3 is 1. The molecule has 6 N–H and O–H groups in total. The Morgan fingerprint density at radius 2 is 1.94 bits per heavy atom. The number of aliphatic hydroxyl groups is 3. The molecular weight excluding hydrogens is 216 g/mol. The molecule has 7 heteroatoms. The Morgan fingerprint density at radius 1 is 1.31 bits per heavy atom. The Balaban J connectivity index is 2.60. The van der Waals surface area contributed by atoms with Gasteiger partial charge in [0.15, 0.2) is 6.29 Å². The van der Waals surface area contributed by atoms with E-state index < -0.39 is 30.7 Å². The lowest BCUT2D eigenvalue weighted by Crippen LogP contribution is -2.58. The zero-order valence-corrected chi connectivity index (χ0v) is 9.04. The minimum atomic E-state index is -1.32. The summed E-state index contributed by atoms with van der Waals surface area (Å²) in [5, 5.41) is 35.7. The maximum absolute atomic E-state index is 9.63. The van der Waals surface area contributed by atoms with Crippen LogP contribution < -0.4 is 5.73 Å². The first-order valence-corrected chi connectivity index (χ1v) is 5.02. The molecule has 1 rings (SSSR count). The van der Waals surface area contributed by atoms with Gasteiger partial charge in [-0.3, -0.25) is 5.41 Å². The van der Waals surface area contributed by atoms with Crippen molar-refractivity contribution in [3.8, 4) is 0 Å². The predicted octanol–water partition coefficient (Wildman–Crippen LogP) is -1.84. The number of amidine groups is 1. The molecule has 0 bridgehead atoms. The highest BCUT2D eigenvalue weighted by atomic mass is 16.7. The zero-order valence-electron chi connectivity index (χ0n) is 9.04. The summed E-state index contributed by atoms with van der Waals surface area (Å²) in [6, 6.07) is 0. The first kappa shape index (κ1) is 13.3. The summed E-state index contributed by atoms with van der Waals surface area (Å²) in [5.74, 6) is -0.0228. The van der Waals surface area contributed by atoms with Gasteiger partial charge in [-0.25, -0.2) is 0 Å². The number of nitrogens with two attached hydrogens (primary N) is 1. The first-order chi connectivity index (χ1) is 7.47. The molecule has 0 aromatic rings. The molecule has 1 fully saturated rings. The molecule has 0 aliphatic carbocycles. The van der Waals surface area contributed by atoms with Crippen LogP contribution in [0.15, 0.2) is 0 Å². The van der Waals surface area contributed by atoms with Gasteiger partial charge in [-0.05, 0) is 6.42 Å². The van der Waals surface area contributed by atoms with Gasteiger partial charge in [-0.1, -0.05) is 0 Å². The molecule has 0 amide bonds. The summed E-state index contributed by atoms with van der Waals surface area (Å²) < 4.78 is 10.1. The molecule has 1 aliphatic rings. The van der Waals surface area contributed by atoms with E-state index in [1.165, 1.54) is 7.11 Å². The molecule has 0 radical (unpaired) electrons. The van der Waals surface area contributed by atoms with Crippen molar-refractivity contribution in [2.75, 3.05) is 7.11 Å². The van der Waals surface area contributed by atoms with Crippen molar-refractivity contribution in [2.24, 2.45) is 5.73 Å². The van der Waals surface area contributed by atoms with Crippen molar-refractivity contribution in [2.45, 2.75) is 43.5 Å². The van der Waals surface area contributed by atoms with Crippen LogP contribution in [0.5, 0.6) is 0 Å². The van der Waals surface area contributed by atoms with Crippen LogP contribution in [-0.4, -0.2) is 59.0 Å². The van der Waals surface area contributed by atoms with E-state index in [9.17, 15) is 15.3 Å².